The average Bonchev–Trinajstić information content (AvgIpc) is 2.57. The van der Waals surface area contributed by atoms with E-state index in [-0.39, 0.29) is 0 Å². The van der Waals surface area contributed by atoms with E-state index in [1.165, 1.54) is 12.8 Å². The Morgan fingerprint density at radius 1 is 1.21 bits per heavy atom. The molecule has 1 aromatic rings. The number of nitrogens with two attached hydrogens (primary N) is 1. The standard InChI is InChI=1S/C14H19BBr2N2/c15-10-2-1-3-12(5-4-10)19-8-9-6-11(16)7-13(17)14(9)18/h6-7,10,12,19H,1-5,8,18H2. The van der Waals surface area contributed by atoms with Crippen LogP contribution < -0.4 is 11.1 Å². The summed E-state index contributed by atoms with van der Waals surface area (Å²) in [4.78, 5) is 0. The molecule has 0 bridgehead atoms. The molecule has 0 heterocycles. The van der Waals surface area contributed by atoms with Crippen molar-refractivity contribution in [3.05, 3.63) is 26.6 Å². The van der Waals surface area contributed by atoms with E-state index in [9.17, 15) is 0 Å². The van der Waals surface area contributed by atoms with Gasteiger partial charge in [0.15, 0.2) is 0 Å². The van der Waals surface area contributed by atoms with Gasteiger partial charge in [0.2, 0.25) is 0 Å². The summed E-state index contributed by atoms with van der Waals surface area (Å²) in [6.45, 7) is 0.809. The van der Waals surface area contributed by atoms with Crippen LogP contribution in [0.25, 0.3) is 0 Å². The van der Waals surface area contributed by atoms with Gasteiger partial charge in [0.05, 0.1) is 13.5 Å². The van der Waals surface area contributed by atoms with E-state index in [1.807, 2.05) is 6.07 Å². The SMILES string of the molecule is [B]C1CCCC(NCc2cc(Br)cc(Br)c2N)CC1. The van der Waals surface area contributed by atoms with Crippen molar-refractivity contribution in [1.82, 2.24) is 5.32 Å². The molecule has 0 aliphatic heterocycles. The fourth-order valence-corrected chi connectivity index (χ4v) is 3.89. The number of benzene rings is 1. The fraction of sp³-hybridized carbons (Fsp3) is 0.571. The lowest BCUT2D eigenvalue weighted by Gasteiger charge is -2.18. The van der Waals surface area contributed by atoms with Crippen molar-refractivity contribution in [1.29, 1.82) is 0 Å². The highest BCUT2D eigenvalue weighted by atomic mass is 79.9. The molecular formula is C14H19BBr2N2. The van der Waals surface area contributed by atoms with E-state index in [4.69, 9.17) is 13.6 Å². The molecule has 2 nitrogen and oxygen atoms in total. The van der Waals surface area contributed by atoms with Gasteiger partial charge in [-0.3, -0.25) is 0 Å². The Hall–Kier alpha value is 0.00494. The van der Waals surface area contributed by atoms with Gasteiger partial charge in [-0.2, -0.15) is 0 Å². The van der Waals surface area contributed by atoms with Crippen LogP contribution in [0.1, 0.15) is 37.7 Å². The molecule has 2 unspecified atom stereocenters. The van der Waals surface area contributed by atoms with Crippen molar-refractivity contribution in [3.63, 3.8) is 0 Å². The molecule has 1 fully saturated rings. The Labute approximate surface area is 133 Å². The van der Waals surface area contributed by atoms with Crippen molar-refractivity contribution in [3.8, 4) is 0 Å². The van der Waals surface area contributed by atoms with Crippen LogP contribution in [0.5, 0.6) is 0 Å². The fourth-order valence-electron chi connectivity index (χ4n) is 2.57. The lowest BCUT2D eigenvalue weighted by Crippen LogP contribution is -2.28. The van der Waals surface area contributed by atoms with Crippen LogP contribution >= 0.6 is 31.9 Å². The molecule has 0 spiro atoms. The highest BCUT2D eigenvalue weighted by Gasteiger charge is 2.16. The highest BCUT2D eigenvalue weighted by molar-refractivity contribution is 9.11. The van der Waals surface area contributed by atoms with Crippen LogP contribution in [0.3, 0.4) is 0 Å². The summed E-state index contributed by atoms with van der Waals surface area (Å²) in [5, 5.41) is 3.62. The van der Waals surface area contributed by atoms with Gasteiger partial charge in [-0.25, -0.2) is 0 Å². The van der Waals surface area contributed by atoms with Gasteiger partial charge < -0.3 is 11.1 Å². The second kappa shape index (κ2) is 7.14. The summed E-state index contributed by atoms with van der Waals surface area (Å²) in [6, 6.07) is 4.62. The van der Waals surface area contributed by atoms with Crippen molar-refractivity contribution in [2.75, 3.05) is 5.73 Å². The van der Waals surface area contributed by atoms with Crippen molar-refractivity contribution in [2.45, 2.75) is 50.5 Å². The van der Waals surface area contributed by atoms with Crippen LogP contribution in [0, 0.1) is 0 Å². The van der Waals surface area contributed by atoms with E-state index in [0.717, 1.165) is 46.0 Å². The summed E-state index contributed by atoms with van der Waals surface area (Å²) >= 11 is 6.99. The van der Waals surface area contributed by atoms with Gasteiger partial charge in [-0.15, -0.1) is 0 Å². The summed E-state index contributed by atoms with van der Waals surface area (Å²) < 4.78 is 2.00. The Kier molecular flexibility index (Phi) is 5.78. The quantitative estimate of drug-likeness (QED) is 0.465. The average molecular weight is 386 g/mol. The number of halogens is 2. The van der Waals surface area contributed by atoms with Crippen LogP contribution in [-0.2, 0) is 6.54 Å². The molecule has 5 heteroatoms. The molecule has 1 aliphatic carbocycles. The molecule has 2 atom stereocenters. The minimum Gasteiger partial charge on any atom is -0.398 e. The lowest BCUT2D eigenvalue weighted by molar-refractivity contribution is 0.459. The smallest absolute Gasteiger partial charge is 0.0699 e. The monoisotopic (exact) mass is 384 g/mol. The van der Waals surface area contributed by atoms with Gasteiger partial charge in [0.25, 0.3) is 0 Å². The first-order valence-electron chi connectivity index (χ1n) is 6.78. The number of hydrogen-bond acceptors (Lipinski definition) is 2. The molecular weight excluding hydrogens is 367 g/mol. The maximum absolute atomic E-state index is 6.09. The van der Waals surface area contributed by atoms with Crippen molar-refractivity contribution < 1.29 is 0 Å². The van der Waals surface area contributed by atoms with E-state index >= 15 is 0 Å². The number of nitrogen functional groups attached to an aromatic ring is 1. The predicted octanol–water partition coefficient (Wildman–Crippen LogP) is 4.17. The third kappa shape index (κ3) is 4.50. The van der Waals surface area contributed by atoms with Gasteiger partial charge >= 0.3 is 0 Å². The second-order valence-corrected chi connectivity index (χ2v) is 7.08. The molecule has 3 N–H and O–H groups in total. The Morgan fingerprint density at radius 2 is 2.00 bits per heavy atom. The maximum Gasteiger partial charge on any atom is 0.0699 e. The minimum atomic E-state index is 0.386. The predicted molar refractivity (Wildman–Crippen MR) is 89.5 cm³/mol. The number of nitrogens with one attached hydrogen (secondary N) is 1. The van der Waals surface area contributed by atoms with Crippen LogP contribution in [0.4, 0.5) is 5.69 Å². The molecule has 19 heavy (non-hydrogen) atoms. The highest BCUT2D eigenvalue weighted by Crippen LogP contribution is 2.29. The Bertz CT molecular complexity index is 440. The Morgan fingerprint density at radius 3 is 2.79 bits per heavy atom. The molecule has 102 valence electrons. The molecule has 1 aromatic carbocycles. The first-order valence-corrected chi connectivity index (χ1v) is 8.37. The van der Waals surface area contributed by atoms with Crippen molar-refractivity contribution >= 4 is 45.4 Å². The summed E-state index contributed by atoms with van der Waals surface area (Å²) in [5.41, 5.74) is 8.05. The third-order valence-electron chi connectivity index (χ3n) is 3.77. The summed E-state index contributed by atoms with van der Waals surface area (Å²) in [6.07, 6.45) is 5.87. The van der Waals surface area contributed by atoms with E-state index in [2.05, 4.69) is 43.2 Å². The first kappa shape index (κ1) is 15.4. The second-order valence-electron chi connectivity index (χ2n) is 5.31. The van der Waals surface area contributed by atoms with Gasteiger partial charge in [0.1, 0.15) is 0 Å². The first-order chi connectivity index (χ1) is 9.06. The number of hydrogen-bond donors (Lipinski definition) is 2. The largest absolute Gasteiger partial charge is 0.398 e. The van der Waals surface area contributed by atoms with Crippen LogP contribution in [0.2, 0.25) is 5.82 Å². The summed E-state index contributed by atoms with van der Waals surface area (Å²) in [5.74, 6) is 0.386. The van der Waals surface area contributed by atoms with Gasteiger partial charge in [-0.1, -0.05) is 41.0 Å². The van der Waals surface area contributed by atoms with Crippen LogP contribution in [0.15, 0.2) is 21.1 Å². The topological polar surface area (TPSA) is 38.0 Å². The Balaban J connectivity index is 1.95. The number of rotatable bonds is 3. The molecule has 0 aromatic heterocycles. The minimum absolute atomic E-state index is 0.386. The zero-order chi connectivity index (χ0) is 13.8. The van der Waals surface area contributed by atoms with Gasteiger partial charge in [0, 0.05) is 21.5 Å². The van der Waals surface area contributed by atoms with E-state index in [1.54, 1.807) is 0 Å². The van der Waals surface area contributed by atoms with E-state index in [0.29, 0.717) is 11.9 Å². The third-order valence-corrected chi connectivity index (χ3v) is 4.89. The van der Waals surface area contributed by atoms with Crippen molar-refractivity contribution in [2.24, 2.45) is 0 Å². The zero-order valence-corrected chi connectivity index (χ0v) is 14.1. The summed E-state index contributed by atoms with van der Waals surface area (Å²) in [7, 11) is 6.01. The normalized spacial score (nSPS) is 24.1. The van der Waals surface area contributed by atoms with Gasteiger partial charge in [-0.05, 0) is 46.5 Å². The molecule has 1 saturated carbocycles. The number of anilines is 1. The maximum atomic E-state index is 6.09. The zero-order valence-electron chi connectivity index (χ0n) is 11.0. The van der Waals surface area contributed by atoms with E-state index < -0.39 is 0 Å². The molecule has 0 saturated heterocycles. The lowest BCUT2D eigenvalue weighted by atomic mass is 9.81. The van der Waals surface area contributed by atoms with Crippen LogP contribution in [-0.4, -0.2) is 13.9 Å². The molecule has 2 radical (unpaired) electrons. The molecule has 1 aliphatic rings. The molecule has 2 rings (SSSR count). The molecule has 0 amide bonds.